The topological polar surface area (TPSA) is 85.1 Å². The molecule has 0 spiro atoms. The summed E-state index contributed by atoms with van der Waals surface area (Å²) in [7, 11) is 0. The molecule has 2 aromatic carbocycles. The zero-order valence-corrected chi connectivity index (χ0v) is 14.7. The highest BCUT2D eigenvalue weighted by atomic mass is 35.5. The first kappa shape index (κ1) is 16.4. The van der Waals surface area contributed by atoms with Crippen LogP contribution in [0.3, 0.4) is 0 Å². The van der Waals surface area contributed by atoms with Crippen LogP contribution in [-0.4, -0.2) is 16.1 Å². The molecule has 8 heteroatoms. The van der Waals surface area contributed by atoms with Gasteiger partial charge in [0, 0.05) is 16.0 Å². The van der Waals surface area contributed by atoms with E-state index < -0.39 is 11.5 Å². The number of para-hydroxylation sites is 1. The van der Waals surface area contributed by atoms with Crippen molar-refractivity contribution in [1.82, 2.24) is 10.2 Å². The van der Waals surface area contributed by atoms with Crippen molar-refractivity contribution in [2.24, 2.45) is 0 Å². The number of nitrogens with one attached hydrogen (secondary N) is 1. The molecule has 0 aliphatic heterocycles. The fourth-order valence-electron chi connectivity index (χ4n) is 2.37. The van der Waals surface area contributed by atoms with Crippen LogP contribution in [0.5, 0.6) is 0 Å². The Bertz CT molecular complexity index is 1170. The third-order valence-corrected chi connectivity index (χ3v) is 4.76. The van der Waals surface area contributed by atoms with E-state index in [0.29, 0.717) is 21.0 Å². The van der Waals surface area contributed by atoms with Crippen LogP contribution in [0.15, 0.2) is 63.8 Å². The van der Waals surface area contributed by atoms with Gasteiger partial charge in [-0.2, -0.15) is 0 Å². The minimum Gasteiger partial charge on any atom is -0.422 e. The van der Waals surface area contributed by atoms with Gasteiger partial charge in [0.05, 0.1) is 0 Å². The number of halogens is 1. The van der Waals surface area contributed by atoms with Crippen molar-refractivity contribution in [3.63, 3.8) is 0 Å². The summed E-state index contributed by atoms with van der Waals surface area (Å²) in [5.74, 6) is -0.594. The van der Waals surface area contributed by atoms with E-state index in [-0.39, 0.29) is 10.7 Å². The van der Waals surface area contributed by atoms with Crippen molar-refractivity contribution >= 4 is 44.9 Å². The second-order valence-corrected chi connectivity index (χ2v) is 6.77. The van der Waals surface area contributed by atoms with E-state index >= 15 is 0 Å². The van der Waals surface area contributed by atoms with Gasteiger partial charge in [0.25, 0.3) is 5.91 Å². The van der Waals surface area contributed by atoms with Gasteiger partial charge in [0.1, 0.15) is 16.2 Å². The minimum absolute atomic E-state index is 0.0908. The summed E-state index contributed by atoms with van der Waals surface area (Å²) in [6.45, 7) is 0. The Morgan fingerprint density at radius 1 is 1.08 bits per heavy atom. The zero-order chi connectivity index (χ0) is 18.1. The maximum atomic E-state index is 12.4. The summed E-state index contributed by atoms with van der Waals surface area (Å²) in [5, 5.41) is 12.8. The summed E-state index contributed by atoms with van der Waals surface area (Å²) in [5.41, 5.74) is 0.461. The molecule has 1 N–H and O–H groups in total. The molecule has 1 amide bonds. The maximum Gasteiger partial charge on any atom is 0.349 e. The second-order valence-electron chi connectivity index (χ2n) is 5.36. The number of hydrogen-bond donors (Lipinski definition) is 1. The molecule has 0 saturated heterocycles. The van der Waals surface area contributed by atoms with Gasteiger partial charge < -0.3 is 4.42 Å². The van der Waals surface area contributed by atoms with Gasteiger partial charge in [-0.1, -0.05) is 53.3 Å². The van der Waals surface area contributed by atoms with Crippen molar-refractivity contribution < 1.29 is 9.21 Å². The number of anilines is 1. The van der Waals surface area contributed by atoms with Crippen molar-refractivity contribution in [3.8, 4) is 10.6 Å². The summed E-state index contributed by atoms with van der Waals surface area (Å²) in [6, 6.07) is 15.6. The Balaban J connectivity index is 1.60. The maximum absolute atomic E-state index is 12.4. The summed E-state index contributed by atoms with van der Waals surface area (Å²) in [4.78, 5) is 24.5. The molecule has 0 radical (unpaired) electrons. The van der Waals surface area contributed by atoms with Crippen molar-refractivity contribution in [1.29, 1.82) is 0 Å². The molecule has 4 aromatic rings. The quantitative estimate of drug-likeness (QED) is 0.535. The number of fused-ring (bicyclic) bond motifs is 1. The van der Waals surface area contributed by atoms with Gasteiger partial charge >= 0.3 is 5.63 Å². The van der Waals surface area contributed by atoms with E-state index in [0.717, 1.165) is 5.56 Å². The van der Waals surface area contributed by atoms with Crippen molar-refractivity contribution in [3.05, 3.63) is 75.6 Å². The number of rotatable bonds is 3. The third-order valence-electron chi connectivity index (χ3n) is 3.62. The van der Waals surface area contributed by atoms with E-state index in [4.69, 9.17) is 16.0 Å². The molecule has 26 heavy (non-hydrogen) atoms. The molecular weight excluding hydrogens is 374 g/mol. The van der Waals surface area contributed by atoms with Gasteiger partial charge in [-0.05, 0) is 24.3 Å². The number of carbonyl (C=O) groups excluding carboxylic acids is 1. The lowest BCUT2D eigenvalue weighted by atomic mass is 10.2. The molecule has 0 saturated carbocycles. The first-order valence-electron chi connectivity index (χ1n) is 7.54. The lowest BCUT2D eigenvalue weighted by Crippen LogP contribution is -2.20. The number of aromatic nitrogens is 2. The number of benzene rings is 2. The van der Waals surface area contributed by atoms with Crippen LogP contribution in [0.25, 0.3) is 21.5 Å². The Hall–Kier alpha value is -3.03. The first-order chi connectivity index (χ1) is 12.6. The lowest BCUT2D eigenvalue weighted by Gasteiger charge is -2.01. The lowest BCUT2D eigenvalue weighted by molar-refractivity contribution is 0.102. The molecule has 0 fully saturated rings. The number of carbonyl (C=O) groups is 1. The van der Waals surface area contributed by atoms with Crippen LogP contribution < -0.4 is 10.9 Å². The molecular formula is C18H10ClN3O3S. The number of hydrogen-bond acceptors (Lipinski definition) is 6. The Labute approximate surface area is 156 Å². The summed E-state index contributed by atoms with van der Waals surface area (Å²) >= 11 is 7.06. The van der Waals surface area contributed by atoms with Crippen molar-refractivity contribution in [2.75, 3.05) is 5.32 Å². The highest BCUT2D eigenvalue weighted by molar-refractivity contribution is 7.18. The molecule has 2 aromatic heterocycles. The Morgan fingerprint density at radius 2 is 1.85 bits per heavy atom. The average Bonchev–Trinajstić information content (AvgIpc) is 3.10. The molecule has 0 aliphatic rings. The SMILES string of the molecule is O=C(Nc1nnc(-c2ccc(Cl)cc2)s1)c1cc2ccccc2oc1=O. The zero-order valence-electron chi connectivity index (χ0n) is 13.1. The molecule has 128 valence electrons. The molecule has 4 rings (SSSR count). The van der Waals surface area contributed by atoms with E-state index in [1.165, 1.54) is 17.4 Å². The first-order valence-corrected chi connectivity index (χ1v) is 8.73. The van der Waals surface area contributed by atoms with Crippen LogP contribution in [-0.2, 0) is 0 Å². The van der Waals surface area contributed by atoms with Crippen molar-refractivity contribution in [2.45, 2.75) is 0 Å². The van der Waals surface area contributed by atoms with E-state index in [2.05, 4.69) is 15.5 Å². The van der Waals surface area contributed by atoms with Crippen LogP contribution in [0.1, 0.15) is 10.4 Å². The average molecular weight is 384 g/mol. The van der Waals surface area contributed by atoms with Gasteiger partial charge in [0.2, 0.25) is 5.13 Å². The highest BCUT2D eigenvalue weighted by Gasteiger charge is 2.16. The predicted molar refractivity (Wildman–Crippen MR) is 101 cm³/mol. The third kappa shape index (κ3) is 3.22. The highest BCUT2D eigenvalue weighted by Crippen LogP contribution is 2.27. The fourth-order valence-corrected chi connectivity index (χ4v) is 3.24. The smallest absolute Gasteiger partial charge is 0.349 e. The van der Waals surface area contributed by atoms with Gasteiger partial charge in [-0.15, -0.1) is 10.2 Å². The van der Waals surface area contributed by atoms with E-state index in [9.17, 15) is 9.59 Å². The minimum atomic E-state index is -0.705. The second kappa shape index (κ2) is 6.70. The number of nitrogens with zero attached hydrogens (tertiary/aromatic N) is 2. The van der Waals surface area contributed by atoms with Crippen LogP contribution in [0.4, 0.5) is 5.13 Å². The summed E-state index contributed by atoms with van der Waals surface area (Å²) in [6.07, 6.45) is 0. The molecule has 0 aliphatic carbocycles. The van der Waals surface area contributed by atoms with Crippen LogP contribution in [0.2, 0.25) is 5.02 Å². The van der Waals surface area contributed by atoms with Gasteiger partial charge in [-0.25, -0.2) is 4.79 Å². The van der Waals surface area contributed by atoms with Gasteiger partial charge in [-0.3, -0.25) is 10.1 Å². The standard InChI is InChI=1S/C18H10ClN3O3S/c19-12-7-5-10(6-8-12)16-21-22-18(26-16)20-15(23)13-9-11-3-1-2-4-14(11)25-17(13)24/h1-9H,(H,20,22,23). The molecule has 2 heterocycles. The Morgan fingerprint density at radius 3 is 2.65 bits per heavy atom. The molecule has 0 bridgehead atoms. The largest absolute Gasteiger partial charge is 0.422 e. The molecule has 6 nitrogen and oxygen atoms in total. The molecule has 0 atom stereocenters. The fraction of sp³-hybridized carbons (Fsp3) is 0. The van der Waals surface area contributed by atoms with Crippen LogP contribution in [0, 0.1) is 0 Å². The van der Waals surface area contributed by atoms with E-state index in [1.54, 1.807) is 36.4 Å². The Kier molecular flexibility index (Phi) is 4.24. The number of amides is 1. The molecule has 0 unspecified atom stereocenters. The summed E-state index contributed by atoms with van der Waals surface area (Å²) < 4.78 is 5.18. The monoisotopic (exact) mass is 383 g/mol. The van der Waals surface area contributed by atoms with Gasteiger partial charge in [0.15, 0.2) is 0 Å². The predicted octanol–water partition coefficient (Wildman–Crippen LogP) is 4.22. The van der Waals surface area contributed by atoms with E-state index in [1.807, 2.05) is 12.1 Å². The van der Waals surface area contributed by atoms with Crippen LogP contribution >= 0.6 is 22.9 Å². The normalized spacial score (nSPS) is 10.8.